The van der Waals surface area contributed by atoms with E-state index in [1.165, 1.54) is 0 Å². The summed E-state index contributed by atoms with van der Waals surface area (Å²) in [5, 5.41) is 0. The number of hydrogen-bond donors (Lipinski definition) is 0. The highest BCUT2D eigenvalue weighted by atomic mass is 16.3. The van der Waals surface area contributed by atoms with Gasteiger partial charge in [-0.15, -0.1) is 0 Å². The van der Waals surface area contributed by atoms with Gasteiger partial charge >= 0.3 is 0 Å². The van der Waals surface area contributed by atoms with Gasteiger partial charge in [-0.1, -0.05) is 6.07 Å². The molecule has 3 heterocycles. The molecule has 0 saturated carbocycles. The normalized spacial score (nSPS) is 16.4. The molecule has 0 bridgehead atoms. The maximum absolute atomic E-state index is 12.3. The van der Waals surface area contributed by atoms with Crippen LogP contribution < -0.4 is 0 Å². The van der Waals surface area contributed by atoms with Crippen molar-refractivity contribution in [2.45, 2.75) is 25.3 Å². The van der Waals surface area contributed by atoms with Crippen molar-refractivity contribution in [1.82, 2.24) is 14.8 Å². The van der Waals surface area contributed by atoms with E-state index in [4.69, 9.17) is 4.42 Å². The standard InChI is InChI=1S/C20H25N3O2/c1-22(20(24)8-7-19-6-4-16-25-19)18-10-14-23(15-11-18)13-9-17-5-2-3-12-21-17/h2-8,12,16,18H,9-11,13-15H2,1H3/b8-7+. The van der Waals surface area contributed by atoms with Gasteiger partial charge in [-0.25, -0.2) is 0 Å². The summed E-state index contributed by atoms with van der Waals surface area (Å²) in [6.07, 6.45) is 9.77. The van der Waals surface area contributed by atoms with Crippen LogP contribution in [0.1, 0.15) is 24.3 Å². The molecule has 3 rings (SSSR count). The third kappa shape index (κ3) is 5.03. The molecule has 5 nitrogen and oxygen atoms in total. The highest BCUT2D eigenvalue weighted by molar-refractivity contribution is 5.91. The third-order valence-electron chi connectivity index (χ3n) is 4.80. The molecule has 132 valence electrons. The van der Waals surface area contributed by atoms with Gasteiger partial charge in [-0.05, 0) is 43.2 Å². The Labute approximate surface area is 149 Å². The zero-order valence-electron chi connectivity index (χ0n) is 14.7. The summed E-state index contributed by atoms with van der Waals surface area (Å²) < 4.78 is 5.22. The van der Waals surface area contributed by atoms with E-state index < -0.39 is 0 Å². The number of likely N-dealkylation sites (N-methyl/N-ethyl adjacent to an activating group) is 1. The Bertz CT molecular complexity index is 674. The van der Waals surface area contributed by atoms with Crippen LogP contribution in [0.2, 0.25) is 0 Å². The van der Waals surface area contributed by atoms with Crippen LogP contribution in [0.4, 0.5) is 0 Å². The van der Waals surface area contributed by atoms with E-state index in [-0.39, 0.29) is 5.91 Å². The minimum Gasteiger partial charge on any atom is -0.465 e. The van der Waals surface area contributed by atoms with Gasteiger partial charge in [0.05, 0.1) is 6.26 Å². The summed E-state index contributed by atoms with van der Waals surface area (Å²) in [6, 6.07) is 10.0. The lowest BCUT2D eigenvalue weighted by Crippen LogP contribution is -2.45. The van der Waals surface area contributed by atoms with Crippen molar-refractivity contribution in [2.24, 2.45) is 0 Å². The number of furan rings is 1. The molecule has 5 heteroatoms. The molecule has 1 aliphatic heterocycles. The molecule has 1 fully saturated rings. The molecule has 2 aromatic heterocycles. The van der Waals surface area contributed by atoms with E-state index in [0.29, 0.717) is 11.8 Å². The van der Waals surface area contributed by atoms with E-state index in [9.17, 15) is 4.79 Å². The van der Waals surface area contributed by atoms with E-state index >= 15 is 0 Å². The van der Waals surface area contributed by atoms with Crippen LogP contribution in [0.3, 0.4) is 0 Å². The average Bonchev–Trinajstić information content (AvgIpc) is 3.19. The zero-order chi connectivity index (χ0) is 17.5. The molecule has 1 aliphatic rings. The van der Waals surface area contributed by atoms with E-state index in [1.54, 1.807) is 18.4 Å². The SMILES string of the molecule is CN(C(=O)/C=C/c1ccco1)C1CCN(CCc2ccccn2)CC1. The number of hydrogen-bond acceptors (Lipinski definition) is 4. The van der Waals surface area contributed by atoms with E-state index in [0.717, 1.165) is 44.6 Å². The summed E-state index contributed by atoms with van der Waals surface area (Å²) in [4.78, 5) is 21.0. The number of likely N-dealkylation sites (tertiary alicyclic amines) is 1. The highest BCUT2D eigenvalue weighted by Crippen LogP contribution is 2.16. The first-order valence-electron chi connectivity index (χ1n) is 8.83. The van der Waals surface area contributed by atoms with Crippen molar-refractivity contribution in [3.63, 3.8) is 0 Å². The van der Waals surface area contributed by atoms with Gasteiger partial charge in [0.25, 0.3) is 0 Å². The largest absolute Gasteiger partial charge is 0.465 e. The fourth-order valence-corrected chi connectivity index (χ4v) is 3.19. The lowest BCUT2D eigenvalue weighted by atomic mass is 10.0. The number of rotatable bonds is 6. The molecule has 0 atom stereocenters. The number of aromatic nitrogens is 1. The van der Waals surface area contributed by atoms with Crippen molar-refractivity contribution in [1.29, 1.82) is 0 Å². The molecule has 1 amide bonds. The molecule has 0 aromatic carbocycles. The molecule has 25 heavy (non-hydrogen) atoms. The molecular weight excluding hydrogens is 314 g/mol. The van der Waals surface area contributed by atoms with Crippen LogP contribution in [0.15, 0.2) is 53.3 Å². The Kier molecular flexibility index (Phi) is 6.01. The topological polar surface area (TPSA) is 49.6 Å². The average molecular weight is 339 g/mol. The van der Waals surface area contributed by atoms with Gasteiger partial charge in [0.2, 0.25) is 5.91 Å². The fraction of sp³-hybridized carbons (Fsp3) is 0.400. The molecule has 0 N–H and O–H groups in total. The van der Waals surface area contributed by atoms with Crippen LogP contribution in [-0.4, -0.2) is 53.4 Å². The Hall–Kier alpha value is -2.40. The van der Waals surface area contributed by atoms with Gasteiger partial charge in [-0.2, -0.15) is 0 Å². The second kappa shape index (κ2) is 8.62. The van der Waals surface area contributed by atoms with Crippen LogP contribution in [0.25, 0.3) is 6.08 Å². The third-order valence-corrected chi connectivity index (χ3v) is 4.80. The maximum atomic E-state index is 12.3. The van der Waals surface area contributed by atoms with Crippen LogP contribution in [0.5, 0.6) is 0 Å². The lowest BCUT2D eigenvalue weighted by molar-refractivity contribution is -0.127. The minimum absolute atomic E-state index is 0.0309. The van der Waals surface area contributed by atoms with Gasteiger partial charge in [0.15, 0.2) is 0 Å². The second-order valence-corrected chi connectivity index (χ2v) is 6.44. The molecule has 0 radical (unpaired) electrons. The number of nitrogens with zero attached hydrogens (tertiary/aromatic N) is 3. The lowest BCUT2D eigenvalue weighted by Gasteiger charge is -2.36. The van der Waals surface area contributed by atoms with E-state index in [1.807, 2.05) is 42.4 Å². The van der Waals surface area contributed by atoms with Crippen LogP contribution >= 0.6 is 0 Å². The first-order valence-corrected chi connectivity index (χ1v) is 8.83. The smallest absolute Gasteiger partial charge is 0.246 e. The molecule has 0 spiro atoms. The zero-order valence-corrected chi connectivity index (χ0v) is 14.7. The van der Waals surface area contributed by atoms with E-state index in [2.05, 4.69) is 16.0 Å². The van der Waals surface area contributed by atoms with Crippen molar-refractivity contribution in [3.05, 3.63) is 60.3 Å². The second-order valence-electron chi connectivity index (χ2n) is 6.44. The monoisotopic (exact) mass is 339 g/mol. The molecule has 1 saturated heterocycles. The Morgan fingerprint density at radius 2 is 2.16 bits per heavy atom. The maximum Gasteiger partial charge on any atom is 0.246 e. The first-order chi connectivity index (χ1) is 12.2. The van der Waals surface area contributed by atoms with Crippen molar-refractivity contribution >= 4 is 12.0 Å². The van der Waals surface area contributed by atoms with Gasteiger partial charge in [-0.3, -0.25) is 9.78 Å². The van der Waals surface area contributed by atoms with Gasteiger partial charge in [0, 0.05) is 57.1 Å². The number of amides is 1. The first kappa shape index (κ1) is 17.4. The minimum atomic E-state index is 0.0309. The predicted molar refractivity (Wildman–Crippen MR) is 97.9 cm³/mol. The highest BCUT2D eigenvalue weighted by Gasteiger charge is 2.24. The summed E-state index contributed by atoms with van der Waals surface area (Å²) in [5.74, 6) is 0.731. The summed E-state index contributed by atoms with van der Waals surface area (Å²) in [5.41, 5.74) is 1.14. The number of piperidine rings is 1. The Morgan fingerprint density at radius 1 is 1.32 bits per heavy atom. The summed E-state index contributed by atoms with van der Waals surface area (Å²) in [6.45, 7) is 3.08. The molecule has 2 aromatic rings. The van der Waals surface area contributed by atoms with Crippen LogP contribution in [-0.2, 0) is 11.2 Å². The summed E-state index contributed by atoms with van der Waals surface area (Å²) in [7, 11) is 1.89. The molecule has 0 unspecified atom stereocenters. The van der Waals surface area contributed by atoms with Crippen molar-refractivity contribution in [3.8, 4) is 0 Å². The number of carbonyl (C=O) groups is 1. The number of carbonyl (C=O) groups excluding carboxylic acids is 1. The predicted octanol–water partition coefficient (Wildman–Crippen LogP) is 2.85. The van der Waals surface area contributed by atoms with Gasteiger partial charge < -0.3 is 14.2 Å². The van der Waals surface area contributed by atoms with Gasteiger partial charge in [0.1, 0.15) is 5.76 Å². The Morgan fingerprint density at radius 3 is 2.84 bits per heavy atom. The summed E-state index contributed by atoms with van der Waals surface area (Å²) >= 11 is 0. The van der Waals surface area contributed by atoms with Crippen molar-refractivity contribution < 1.29 is 9.21 Å². The quantitative estimate of drug-likeness (QED) is 0.760. The number of pyridine rings is 1. The fourth-order valence-electron chi connectivity index (χ4n) is 3.19. The Balaban J connectivity index is 1.42. The molecule has 0 aliphatic carbocycles. The van der Waals surface area contributed by atoms with Crippen molar-refractivity contribution in [2.75, 3.05) is 26.7 Å². The van der Waals surface area contributed by atoms with Crippen LogP contribution in [0, 0.1) is 0 Å². The molecular formula is C20H25N3O2.